The number of aliphatic carboxylic acids is 1. The number of ether oxygens (including phenoxy) is 2. The molecule has 0 aromatic heterocycles. The van der Waals surface area contributed by atoms with Gasteiger partial charge in [0.25, 0.3) is 0 Å². The van der Waals surface area contributed by atoms with Crippen molar-refractivity contribution in [2.24, 2.45) is 0 Å². The first-order chi connectivity index (χ1) is 9.81. The van der Waals surface area contributed by atoms with Gasteiger partial charge in [0.15, 0.2) is 11.5 Å². The monoisotopic (exact) mass is 304 g/mol. The fraction of sp³-hybridized carbons (Fsp3) is 0.357. The minimum Gasteiger partial charge on any atom is -0.493 e. The highest BCUT2D eigenvalue weighted by Gasteiger charge is 2.26. The number of carboxylic acid groups (broad SMARTS) is 1. The van der Waals surface area contributed by atoms with E-state index >= 15 is 0 Å². The maximum atomic E-state index is 12.0. The van der Waals surface area contributed by atoms with Gasteiger partial charge in [0.05, 0.1) is 13.7 Å². The summed E-state index contributed by atoms with van der Waals surface area (Å²) in [6.45, 7) is -0.109. The summed E-state index contributed by atoms with van der Waals surface area (Å²) >= 11 is 0. The van der Waals surface area contributed by atoms with E-state index in [9.17, 15) is 18.0 Å². The average molecular weight is 304 g/mol. The van der Waals surface area contributed by atoms with Crippen molar-refractivity contribution in [2.45, 2.75) is 19.0 Å². The lowest BCUT2D eigenvalue weighted by atomic mass is 10.2. The molecule has 116 valence electrons. The molecule has 1 aromatic rings. The molecule has 1 N–H and O–H groups in total. The van der Waals surface area contributed by atoms with E-state index < -0.39 is 18.6 Å². The van der Waals surface area contributed by atoms with Crippen LogP contribution >= 0.6 is 0 Å². The molecule has 0 atom stereocenters. The van der Waals surface area contributed by atoms with Crippen molar-refractivity contribution >= 4 is 12.0 Å². The number of carboxylic acids is 1. The Balaban J connectivity index is 2.70. The molecule has 0 aliphatic heterocycles. The third kappa shape index (κ3) is 6.69. The lowest BCUT2D eigenvalue weighted by Crippen LogP contribution is -2.10. The van der Waals surface area contributed by atoms with Gasteiger partial charge in [-0.3, -0.25) is 0 Å². The minimum atomic E-state index is -4.21. The van der Waals surface area contributed by atoms with Crippen molar-refractivity contribution in [3.05, 3.63) is 29.8 Å². The Kier molecular flexibility index (Phi) is 6.08. The second-order valence-corrected chi connectivity index (χ2v) is 4.15. The summed E-state index contributed by atoms with van der Waals surface area (Å²) in [4.78, 5) is 10.4. The first-order valence-corrected chi connectivity index (χ1v) is 6.10. The molecule has 0 amide bonds. The Bertz CT molecular complexity index is 509. The largest absolute Gasteiger partial charge is 0.493 e. The first-order valence-electron chi connectivity index (χ1n) is 6.10. The highest BCUT2D eigenvalue weighted by Crippen LogP contribution is 2.29. The van der Waals surface area contributed by atoms with Crippen LogP contribution in [-0.4, -0.2) is 31.0 Å². The molecule has 0 saturated carbocycles. The van der Waals surface area contributed by atoms with Crippen molar-refractivity contribution in [1.82, 2.24) is 0 Å². The summed E-state index contributed by atoms with van der Waals surface area (Å²) in [7, 11) is 1.41. The third-order valence-corrected chi connectivity index (χ3v) is 2.47. The number of halogens is 3. The summed E-state index contributed by atoms with van der Waals surface area (Å²) in [5.74, 6) is -0.458. The Morgan fingerprint density at radius 3 is 2.62 bits per heavy atom. The maximum Gasteiger partial charge on any atom is 0.389 e. The number of methoxy groups -OCH3 is 1. The average Bonchev–Trinajstić information content (AvgIpc) is 2.40. The van der Waals surface area contributed by atoms with Crippen LogP contribution < -0.4 is 9.47 Å². The van der Waals surface area contributed by atoms with Crippen LogP contribution in [0.25, 0.3) is 6.08 Å². The zero-order valence-electron chi connectivity index (χ0n) is 11.3. The van der Waals surface area contributed by atoms with E-state index in [2.05, 4.69) is 0 Å². The SMILES string of the molecule is COc1ccc(/C=C/C(=O)O)cc1OCCCC(F)(F)F. The molecule has 0 radical (unpaired) electrons. The van der Waals surface area contributed by atoms with Crippen molar-refractivity contribution in [3.8, 4) is 11.5 Å². The van der Waals surface area contributed by atoms with Gasteiger partial charge in [-0.25, -0.2) is 4.79 Å². The summed E-state index contributed by atoms with van der Waals surface area (Å²) in [6.07, 6.45) is -2.99. The van der Waals surface area contributed by atoms with Gasteiger partial charge < -0.3 is 14.6 Å². The second-order valence-electron chi connectivity index (χ2n) is 4.15. The minimum absolute atomic E-state index is 0.109. The van der Waals surface area contributed by atoms with E-state index in [0.717, 1.165) is 6.08 Å². The van der Waals surface area contributed by atoms with Crippen molar-refractivity contribution in [1.29, 1.82) is 0 Å². The highest BCUT2D eigenvalue weighted by atomic mass is 19.4. The molecule has 0 unspecified atom stereocenters. The Labute approximate surface area is 119 Å². The quantitative estimate of drug-likeness (QED) is 0.618. The second kappa shape index (κ2) is 7.56. The summed E-state index contributed by atoms with van der Waals surface area (Å²) < 4.78 is 46.4. The fourth-order valence-corrected chi connectivity index (χ4v) is 1.53. The van der Waals surface area contributed by atoms with E-state index in [-0.39, 0.29) is 18.8 Å². The Morgan fingerprint density at radius 2 is 2.05 bits per heavy atom. The van der Waals surface area contributed by atoms with Gasteiger partial charge in [0.2, 0.25) is 0 Å². The predicted octanol–water partition coefficient (Wildman–Crippen LogP) is 3.51. The van der Waals surface area contributed by atoms with Crippen molar-refractivity contribution < 1.29 is 32.5 Å². The van der Waals surface area contributed by atoms with Crippen LogP contribution in [0.1, 0.15) is 18.4 Å². The third-order valence-electron chi connectivity index (χ3n) is 2.47. The normalized spacial score (nSPS) is 11.6. The molecule has 0 aliphatic carbocycles. The van der Waals surface area contributed by atoms with Crippen LogP contribution in [0.2, 0.25) is 0 Å². The molecular formula is C14H15F3O4. The van der Waals surface area contributed by atoms with Gasteiger partial charge in [0, 0.05) is 12.5 Å². The van der Waals surface area contributed by atoms with Crippen molar-refractivity contribution in [2.75, 3.05) is 13.7 Å². The molecule has 0 spiro atoms. The molecule has 0 saturated heterocycles. The summed E-state index contributed by atoms with van der Waals surface area (Å²) in [5.41, 5.74) is 0.545. The molecule has 0 fully saturated rings. The van der Waals surface area contributed by atoms with E-state index in [1.54, 1.807) is 12.1 Å². The number of benzene rings is 1. The smallest absolute Gasteiger partial charge is 0.389 e. The van der Waals surface area contributed by atoms with Crippen LogP contribution in [0.15, 0.2) is 24.3 Å². The van der Waals surface area contributed by atoms with Gasteiger partial charge in [0.1, 0.15) is 0 Å². The first kappa shape index (κ1) is 16.9. The lowest BCUT2D eigenvalue weighted by Gasteiger charge is -2.12. The van der Waals surface area contributed by atoms with E-state index in [1.165, 1.54) is 19.3 Å². The van der Waals surface area contributed by atoms with Gasteiger partial charge >= 0.3 is 12.1 Å². The summed E-state index contributed by atoms with van der Waals surface area (Å²) in [6, 6.07) is 4.67. The van der Waals surface area contributed by atoms with E-state index in [1.807, 2.05) is 0 Å². The van der Waals surface area contributed by atoms with Crippen LogP contribution in [0.5, 0.6) is 11.5 Å². The van der Waals surface area contributed by atoms with Crippen LogP contribution in [0, 0.1) is 0 Å². The van der Waals surface area contributed by atoms with Crippen molar-refractivity contribution in [3.63, 3.8) is 0 Å². The zero-order valence-corrected chi connectivity index (χ0v) is 11.3. The Hall–Kier alpha value is -2.18. The molecule has 21 heavy (non-hydrogen) atoms. The van der Waals surface area contributed by atoms with E-state index in [4.69, 9.17) is 14.6 Å². The van der Waals surface area contributed by atoms with Crippen LogP contribution in [0.3, 0.4) is 0 Å². The number of carbonyl (C=O) groups is 1. The van der Waals surface area contributed by atoms with Gasteiger partial charge in [-0.1, -0.05) is 6.07 Å². The van der Waals surface area contributed by atoms with Crippen LogP contribution in [-0.2, 0) is 4.79 Å². The maximum absolute atomic E-state index is 12.0. The zero-order chi connectivity index (χ0) is 15.9. The van der Waals surface area contributed by atoms with Gasteiger partial charge in [-0.05, 0) is 30.2 Å². The standard InChI is InChI=1S/C14H15F3O4/c1-20-11-5-3-10(4-6-13(18)19)9-12(11)21-8-2-7-14(15,16)17/h3-6,9H,2,7-8H2,1H3,(H,18,19)/b6-4+. The molecule has 1 aromatic carbocycles. The lowest BCUT2D eigenvalue weighted by molar-refractivity contribution is -0.136. The molecular weight excluding hydrogens is 289 g/mol. The molecule has 0 aliphatic rings. The van der Waals surface area contributed by atoms with Crippen LogP contribution in [0.4, 0.5) is 13.2 Å². The highest BCUT2D eigenvalue weighted by molar-refractivity contribution is 5.85. The molecule has 7 heteroatoms. The predicted molar refractivity (Wildman–Crippen MR) is 70.4 cm³/mol. The number of hydrogen-bond acceptors (Lipinski definition) is 3. The number of hydrogen-bond donors (Lipinski definition) is 1. The van der Waals surface area contributed by atoms with Gasteiger partial charge in [-0.2, -0.15) is 13.2 Å². The van der Waals surface area contributed by atoms with E-state index in [0.29, 0.717) is 11.3 Å². The number of alkyl halides is 3. The number of rotatable bonds is 7. The molecule has 4 nitrogen and oxygen atoms in total. The summed E-state index contributed by atoms with van der Waals surface area (Å²) in [5, 5.41) is 8.55. The Morgan fingerprint density at radius 1 is 1.33 bits per heavy atom. The fourth-order valence-electron chi connectivity index (χ4n) is 1.53. The molecule has 0 heterocycles. The van der Waals surface area contributed by atoms with Gasteiger partial charge in [-0.15, -0.1) is 0 Å². The topological polar surface area (TPSA) is 55.8 Å². The molecule has 0 bridgehead atoms. The molecule has 1 rings (SSSR count).